The Morgan fingerprint density at radius 3 is 2.67 bits per heavy atom. The van der Waals surface area contributed by atoms with Crippen LogP contribution in [0.15, 0.2) is 30.3 Å². The molecular weight excluding hydrogens is 360 g/mol. The first-order chi connectivity index (χ1) is 13.0. The van der Waals surface area contributed by atoms with Crippen molar-refractivity contribution in [3.05, 3.63) is 47.0 Å². The van der Waals surface area contributed by atoms with E-state index in [9.17, 15) is 4.79 Å². The van der Waals surface area contributed by atoms with Crippen LogP contribution >= 0.6 is 11.3 Å². The minimum atomic E-state index is -0.225. The number of thiazole rings is 1. The minimum absolute atomic E-state index is 0.0497. The second kappa shape index (κ2) is 8.39. The van der Waals surface area contributed by atoms with E-state index in [1.54, 1.807) is 0 Å². The summed E-state index contributed by atoms with van der Waals surface area (Å²) in [4.78, 5) is 16.7. The van der Waals surface area contributed by atoms with E-state index >= 15 is 0 Å². The standard InChI is InChI=1S/C21H24N2O3S/c1-5-10-25-16-8-9-17-18(11-16)27-21(22-17)23-19(24)12-26-20-14(3)7-6-13(2)15(20)4/h6-9,11H,5,10,12H2,1-4H3,(H,22,23,24). The summed E-state index contributed by atoms with van der Waals surface area (Å²) >= 11 is 1.43. The van der Waals surface area contributed by atoms with Gasteiger partial charge in [-0.25, -0.2) is 4.98 Å². The van der Waals surface area contributed by atoms with Gasteiger partial charge < -0.3 is 9.47 Å². The lowest BCUT2D eigenvalue weighted by molar-refractivity contribution is -0.118. The molecule has 142 valence electrons. The number of ether oxygens (including phenoxy) is 2. The fourth-order valence-electron chi connectivity index (χ4n) is 2.71. The number of rotatable bonds is 7. The van der Waals surface area contributed by atoms with Crippen molar-refractivity contribution in [1.29, 1.82) is 0 Å². The van der Waals surface area contributed by atoms with Crippen LogP contribution in [0.25, 0.3) is 10.2 Å². The Hall–Kier alpha value is -2.60. The Kier molecular flexibility index (Phi) is 5.96. The Labute approximate surface area is 163 Å². The number of fused-ring (bicyclic) bond motifs is 1. The van der Waals surface area contributed by atoms with Crippen LogP contribution in [0.1, 0.15) is 30.0 Å². The highest BCUT2D eigenvalue weighted by atomic mass is 32.1. The molecule has 1 heterocycles. The van der Waals surface area contributed by atoms with Crippen molar-refractivity contribution in [2.45, 2.75) is 34.1 Å². The van der Waals surface area contributed by atoms with Gasteiger partial charge in [-0.2, -0.15) is 0 Å². The quantitative estimate of drug-likeness (QED) is 0.621. The monoisotopic (exact) mass is 384 g/mol. The summed E-state index contributed by atoms with van der Waals surface area (Å²) in [5, 5.41) is 3.38. The number of aryl methyl sites for hydroxylation is 2. The average molecular weight is 385 g/mol. The van der Waals surface area contributed by atoms with Gasteiger partial charge in [-0.3, -0.25) is 10.1 Å². The zero-order valence-corrected chi connectivity index (χ0v) is 16.9. The summed E-state index contributed by atoms with van der Waals surface area (Å²) in [6.07, 6.45) is 0.960. The molecule has 0 saturated carbocycles. The van der Waals surface area contributed by atoms with Gasteiger partial charge in [0.2, 0.25) is 0 Å². The smallest absolute Gasteiger partial charge is 0.264 e. The van der Waals surface area contributed by atoms with Gasteiger partial charge >= 0.3 is 0 Å². The summed E-state index contributed by atoms with van der Waals surface area (Å²) in [7, 11) is 0. The van der Waals surface area contributed by atoms with Gasteiger partial charge in [-0.1, -0.05) is 30.4 Å². The molecule has 1 N–H and O–H groups in total. The molecule has 3 rings (SSSR count). The van der Waals surface area contributed by atoms with Crippen molar-refractivity contribution in [2.75, 3.05) is 18.5 Å². The van der Waals surface area contributed by atoms with Crippen LogP contribution < -0.4 is 14.8 Å². The summed E-state index contributed by atoms with van der Waals surface area (Å²) in [5.41, 5.74) is 4.06. The normalized spacial score (nSPS) is 10.8. The second-order valence-corrected chi connectivity index (χ2v) is 7.52. The second-order valence-electron chi connectivity index (χ2n) is 6.49. The van der Waals surface area contributed by atoms with Crippen molar-refractivity contribution in [1.82, 2.24) is 4.98 Å². The number of hydrogen-bond donors (Lipinski definition) is 1. The highest BCUT2D eigenvalue weighted by Crippen LogP contribution is 2.29. The molecule has 1 aromatic heterocycles. The van der Waals surface area contributed by atoms with Crippen LogP contribution in [0.3, 0.4) is 0 Å². The Balaban J connectivity index is 1.65. The van der Waals surface area contributed by atoms with E-state index in [4.69, 9.17) is 9.47 Å². The predicted molar refractivity (Wildman–Crippen MR) is 110 cm³/mol. The Morgan fingerprint density at radius 2 is 1.89 bits per heavy atom. The fourth-order valence-corrected chi connectivity index (χ4v) is 3.62. The summed E-state index contributed by atoms with van der Waals surface area (Å²) < 4.78 is 12.4. The van der Waals surface area contributed by atoms with Crippen molar-refractivity contribution in [3.63, 3.8) is 0 Å². The maximum Gasteiger partial charge on any atom is 0.264 e. The maximum atomic E-state index is 12.3. The lowest BCUT2D eigenvalue weighted by atomic mass is 10.1. The Morgan fingerprint density at radius 1 is 1.11 bits per heavy atom. The molecule has 0 atom stereocenters. The zero-order chi connectivity index (χ0) is 19.4. The molecule has 0 aliphatic carbocycles. The van der Waals surface area contributed by atoms with E-state index < -0.39 is 0 Å². The molecule has 0 aliphatic rings. The highest BCUT2D eigenvalue weighted by Gasteiger charge is 2.12. The number of nitrogens with zero attached hydrogens (tertiary/aromatic N) is 1. The number of aromatic nitrogens is 1. The molecule has 3 aromatic rings. The van der Waals surface area contributed by atoms with Crippen molar-refractivity contribution in [3.8, 4) is 11.5 Å². The lowest BCUT2D eigenvalue weighted by Crippen LogP contribution is -2.20. The van der Waals surface area contributed by atoms with Gasteiger partial charge in [0.05, 0.1) is 16.8 Å². The number of benzene rings is 2. The summed E-state index contributed by atoms with van der Waals surface area (Å²) in [6, 6.07) is 9.81. The predicted octanol–water partition coefficient (Wildman–Crippen LogP) is 5.03. The van der Waals surface area contributed by atoms with Crippen LogP contribution in [0, 0.1) is 20.8 Å². The van der Waals surface area contributed by atoms with E-state index in [1.807, 2.05) is 45.0 Å². The molecule has 0 saturated heterocycles. The molecule has 2 aromatic carbocycles. The first kappa shape index (κ1) is 19.2. The number of amides is 1. The van der Waals surface area contributed by atoms with E-state index in [0.717, 1.165) is 44.8 Å². The molecule has 0 fully saturated rings. The molecular formula is C21H24N2O3S. The SMILES string of the molecule is CCCOc1ccc2nc(NC(=O)COc3c(C)ccc(C)c3C)sc2c1. The van der Waals surface area contributed by atoms with E-state index in [-0.39, 0.29) is 12.5 Å². The van der Waals surface area contributed by atoms with Crippen LogP contribution in [0.2, 0.25) is 0 Å². The number of hydrogen-bond acceptors (Lipinski definition) is 5. The molecule has 0 spiro atoms. The molecule has 0 unspecified atom stereocenters. The van der Waals surface area contributed by atoms with Crippen molar-refractivity contribution >= 4 is 32.6 Å². The van der Waals surface area contributed by atoms with Crippen molar-refractivity contribution in [2.24, 2.45) is 0 Å². The van der Waals surface area contributed by atoms with Crippen LogP contribution in [0.5, 0.6) is 11.5 Å². The van der Waals surface area contributed by atoms with Gasteiger partial charge in [0.1, 0.15) is 11.5 Å². The number of carbonyl (C=O) groups is 1. The molecule has 1 amide bonds. The maximum absolute atomic E-state index is 12.3. The molecule has 0 aliphatic heterocycles. The zero-order valence-electron chi connectivity index (χ0n) is 16.1. The first-order valence-corrected chi connectivity index (χ1v) is 9.82. The lowest BCUT2D eigenvalue weighted by Gasteiger charge is -2.13. The van der Waals surface area contributed by atoms with Crippen LogP contribution in [-0.2, 0) is 4.79 Å². The number of carbonyl (C=O) groups excluding carboxylic acids is 1. The van der Waals surface area contributed by atoms with Crippen LogP contribution in [0.4, 0.5) is 5.13 Å². The van der Waals surface area contributed by atoms with Gasteiger partial charge in [-0.15, -0.1) is 0 Å². The fraction of sp³-hybridized carbons (Fsp3) is 0.333. The van der Waals surface area contributed by atoms with Gasteiger partial charge in [-0.05, 0) is 62.1 Å². The molecule has 6 heteroatoms. The van der Waals surface area contributed by atoms with Crippen molar-refractivity contribution < 1.29 is 14.3 Å². The van der Waals surface area contributed by atoms with Gasteiger partial charge in [0.15, 0.2) is 11.7 Å². The number of nitrogens with one attached hydrogen (secondary N) is 1. The molecule has 0 radical (unpaired) electrons. The van der Waals surface area contributed by atoms with Crippen LogP contribution in [-0.4, -0.2) is 24.1 Å². The minimum Gasteiger partial charge on any atom is -0.494 e. The summed E-state index contributed by atoms with van der Waals surface area (Å²) in [5.74, 6) is 1.36. The van der Waals surface area contributed by atoms with E-state index in [1.165, 1.54) is 11.3 Å². The van der Waals surface area contributed by atoms with Gasteiger partial charge in [0.25, 0.3) is 5.91 Å². The average Bonchev–Trinajstić information content (AvgIpc) is 3.04. The van der Waals surface area contributed by atoms with E-state index in [0.29, 0.717) is 11.7 Å². The number of anilines is 1. The highest BCUT2D eigenvalue weighted by molar-refractivity contribution is 7.22. The largest absolute Gasteiger partial charge is 0.494 e. The third kappa shape index (κ3) is 4.57. The third-order valence-corrected chi connectivity index (χ3v) is 5.23. The summed E-state index contributed by atoms with van der Waals surface area (Å²) in [6.45, 7) is 8.71. The third-order valence-electron chi connectivity index (χ3n) is 4.30. The van der Waals surface area contributed by atoms with E-state index in [2.05, 4.69) is 23.3 Å². The molecule has 27 heavy (non-hydrogen) atoms. The molecule has 5 nitrogen and oxygen atoms in total. The topological polar surface area (TPSA) is 60.5 Å². The Bertz CT molecular complexity index is 965. The first-order valence-electron chi connectivity index (χ1n) is 9.00. The molecule has 0 bridgehead atoms. The van der Waals surface area contributed by atoms with Gasteiger partial charge in [0, 0.05) is 0 Å².